The monoisotopic (exact) mass is 316 g/mol. The standard InChI is InChI=1S/C18H24N2O3/c1-4-23-16-8-6-15(7-9-16)17(21)10-11-18(22)20(14(2)3)13-5-12-19/h6-9,14H,4-5,10-11,13H2,1-3H3. The van der Waals surface area contributed by atoms with Gasteiger partial charge >= 0.3 is 0 Å². The van der Waals surface area contributed by atoms with Crippen LogP contribution in [0.2, 0.25) is 0 Å². The molecule has 0 fully saturated rings. The largest absolute Gasteiger partial charge is 0.494 e. The molecular weight excluding hydrogens is 292 g/mol. The molecule has 124 valence electrons. The van der Waals surface area contributed by atoms with Crippen LogP contribution in [0.5, 0.6) is 5.75 Å². The lowest BCUT2D eigenvalue weighted by Crippen LogP contribution is -2.37. The zero-order chi connectivity index (χ0) is 17.2. The van der Waals surface area contributed by atoms with Crippen molar-refractivity contribution in [3.63, 3.8) is 0 Å². The van der Waals surface area contributed by atoms with Crippen molar-refractivity contribution in [2.45, 2.75) is 46.1 Å². The minimum Gasteiger partial charge on any atom is -0.494 e. The van der Waals surface area contributed by atoms with E-state index in [1.54, 1.807) is 29.2 Å². The second-order valence-corrected chi connectivity index (χ2v) is 5.47. The summed E-state index contributed by atoms with van der Waals surface area (Å²) in [6.45, 7) is 6.70. The van der Waals surface area contributed by atoms with E-state index in [0.717, 1.165) is 5.75 Å². The molecule has 0 spiro atoms. The highest BCUT2D eigenvalue weighted by Crippen LogP contribution is 2.14. The molecular formula is C18H24N2O3. The number of ether oxygens (including phenoxy) is 1. The Morgan fingerprint density at radius 3 is 2.39 bits per heavy atom. The maximum atomic E-state index is 12.2. The van der Waals surface area contributed by atoms with Crippen LogP contribution in [0.25, 0.3) is 0 Å². The molecule has 0 heterocycles. The van der Waals surface area contributed by atoms with Crippen LogP contribution < -0.4 is 4.74 Å². The minimum atomic E-state index is -0.0884. The minimum absolute atomic E-state index is 0.0245. The van der Waals surface area contributed by atoms with Crippen molar-refractivity contribution < 1.29 is 14.3 Å². The molecule has 0 saturated carbocycles. The van der Waals surface area contributed by atoms with Crippen molar-refractivity contribution in [2.75, 3.05) is 13.2 Å². The number of rotatable bonds is 9. The fraction of sp³-hybridized carbons (Fsp3) is 0.500. The lowest BCUT2D eigenvalue weighted by Gasteiger charge is -2.25. The SMILES string of the molecule is CCOc1ccc(C(=O)CCC(=O)N(CCC#N)C(C)C)cc1. The Morgan fingerprint density at radius 1 is 1.22 bits per heavy atom. The zero-order valence-corrected chi connectivity index (χ0v) is 14.0. The van der Waals surface area contributed by atoms with Crippen molar-refractivity contribution in [3.05, 3.63) is 29.8 Å². The summed E-state index contributed by atoms with van der Waals surface area (Å²) in [5.74, 6) is 0.572. The summed E-state index contributed by atoms with van der Waals surface area (Å²) in [4.78, 5) is 26.0. The first-order valence-corrected chi connectivity index (χ1v) is 7.92. The third-order valence-corrected chi connectivity index (χ3v) is 3.46. The topological polar surface area (TPSA) is 70.4 Å². The molecule has 0 bridgehead atoms. The van der Waals surface area contributed by atoms with E-state index in [1.807, 2.05) is 26.8 Å². The Balaban J connectivity index is 2.56. The summed E-state index contributed by atoms with van der Waals surface area (Å²) in [6.07, 6.45) is 0.634. The number of Topliss-reactive ketones (excluding diaryl/α,β-unsaturated/α-hetero) is 1. The Bertz CT molecular complexity index is 559. The number of carbonyl (C=O) groups is 2. The fourth-order valence-electron chi connectivity index (χ4n) is 2.25. The van der Waals surface area contributed by atoms with Gasteiger partial charge in [0, 0.05) is 31.0 Å². The van der Waals surface area contributed by atoms with Gasteiger partial charge in [0.1, 0.15) is 5.75 Å². The average molecular weight is 316 g/mol. The number of amides is 1. The van der Waals surface area contributed by atoms with Crippen LogP contribution in [0.15, 0.2) is 24.3 Å². The van der Waals surface area contributed by atoms with Crippen LogP contribution in [0.4, 0.5) is 0 Å². The molecule has 1 rings (SSSR count). The molecule has 5 nitrogen and oxygen atoms in total. The van der Waals surface area contributed by atoms with E-state index in [4.69, 9.17) is 10.00 Å². The van der Waals surface area contributed by atoms with E-state index in [0.29, 0.717) is 25.1 Å². The molecule has 1 aromatic carbocycles. The van der Waals surface area contributed by atoms with Crippen molar-refractivity contribution in [2.24, 2.45) is 0 Å². The molecule has 1 amide bonds. The number of benzene rings is 1. The molecule has 0 saturated heterocycles. The number of hydrogen-bond donors (Lipinski definition) is 0. The number of hydrogen-bond acceptors (Lipinski definition) is 4. The van der Waals surface area contributed by atoms with Crippen molar-refractivity contribution in [1.82, 2.24) is 4.90 Å². The van der Waals surface area contributed by atoms with Gasteiger partial charge in [-0.1, -0.05) is 0 Å². The van der Waals surface area contributed by atoms with E-state index in [-0.39, 0.29) is 30.6 Å². The molecule has 0 aliphatic heterocycles. The maximum absolute atomic E-state index is 12.2. The van der Waals surface area contributed by atoms with E-state index >= 15 is 0 Å². The Hall–Kier alpha value is -2.35. The molecule has 0 unspecified atom stereocenters. The second kappa shape index (κ2) is 9.62. The van der Waals surface area contributed by atoms with Gasteiger partial charge in [-0.05, 0) is 45.0 Å². The third-order valence-electron chi connectivity index (χ3n) is 3.46. The van der Waals surface area contributed by atoms with Gasteiger partial charge in [0.05, 0.1) is 19.1 Å². The first-order chi connectivity index (χ1) is 11.0. The first kappa shape index (κ1) is 18.7. The van der Waals surface area contributed by atoms with Gasteiger partial charge in [0.15, 0.2) is 5.78 Å². The highest BCUT2D eigenvalue weighted by molar-refractivity contribution is 5.98. The maximum Gasteiger partial charge on any atom is 0.223 e. The smallest absolute Gasteiger partial charge is 0.223 e. The highest BCUT2D eigenvalue weighted by Gasteiger charge is 2.18. The van der Waals surface area contributed by atoms with Gasteiger partial charge in [-0.2, -0.15) is 5.26 Å². The average Bonchev–Trinajstić information content (AvgIpc) is 2.53. The Morgan fingerprint density at radius 2 is 1.87 bits per heavy atom. The van der Waals surface area contributed by atoms with Crippen molar-refractivity contribution in [1.29, 1.82) is 5.26 Å². The lowest BCUT2D eigenvalue weighted by atomic mass is 10.1. The van der Waals surface area contributed by atoms with Crippen LogP contribution in [-0.2, 0) is 4.79 Å². The van der Waals surface area contributed by atoms with Crippen LogP contribution in [0, 0.1) is 11.3 Å². The van der Waals surface area contributed by atoms with E-state index in [9.17, 15) is 9.59 Å². The predicted molar refractivity (Wildman–Crippen MR) is 88.3 cm³/mol. The van der Waals surface area contributed by atoms with Crippen LogP contribution >= 0.6 is 0 Å². The summed E-state index contributed by atoms with van der Waals surface area (Å²) < 4.78 is 5.34. The molecule has 1 aromatic rings. The summed E-state index contributed by atoms with van der Waals surface area (Å²) in [5, 5.41) is 8.65. The number of carbonyl (C=O) groups excluding carboxylic acids is 2. The van der Waals surface area contributed by atoms with Gasteiger partial charge in [0.25, 0.3) is 0 Å². The molecule has 0 aromatic heterocycles. The molecule has 0 atom stereocenters. The first-order valence-electron chi connectivity index (χ1n) is 7.92. The predicted octanol–water partition coefficient (Wildman–Crippen LogP) is 3.20. The molecule has 0 aliphatic carbocycles. The molecule has 5 heteroatoms. The number of nitriles is 1. The van der Waals surface area contributed by atoms with Gasteiger partial charge in [-0.3, -0.25) is 9.59 Å². The van der Waals surface area contributed by atoms with Crippen LogP contribution in [0.1, 0.15) is 50.4 Å². The summed E-state index contributed by atoms with van der Waals surface area (Å²) in [5.41, 5.74) is 0.578. The molecule has 0 radical (unpaired) electrons. The summed E-state index contributed by atoms with van der Waals surface area (Å²) >= 11 is 0. The lowest BCUT2D eigenvalue weighted by molar-refractivity contribution is -0.132. The van der Waals surface area contributed by atoms with Gasteiger partial charge in [-0.15, -0.1) is 0 Å². The van der Waals surface area contributed by atoms with E-state index in [2.05, 4.69) is 0 Å². The zero-order valence-electron chi connectivity index (χ0n) is 14.0. The number of nitrogens with zero attached hydrogens (tertiary/aromatic N) is 2. The van der Waals surface area contributed by atoms with Gasteiger partial charge in [0.2, 0.25) is 5.91 Å². The number of ketones is 1. The van der Waals surface area contributed by atoms with E-state index in [1.165, 1.54) is 0 Å². The normalized spacial score (nSPS) is 10.2. The van der Waals surface area contributed by atoms with E-state index < -0.39 is 0 Å². The summed E-state index contributed by atoms with van der Waals surface area (Å²) in [7, 11) is 0. The van der Waals surface area contributed by atoms with Crippen LogP contribution in [-0.4, -0.2) is 35.8 Å². The third kappa shape index (κ3) is 6.11. The van der Waals surface area contributed by atoms with Crippen molar-refractivity contribution in [3.8, 4) is 11.8 Å². The fourth-order valence-corrected chi connectivity index (χ4v) is 2.25. The van der Waals surface area contributed by atoms with Crippen LogP contribution in [0.3, 0.4) is 0 Å². The van der Waals surface area contributed by atoms with Gasteiger partial charge < -0.3 is 9.64 Å². The van der Waals surface area contributed by atoms with Gasteiger partial charge in [-0.25, -0.2) is 0 Å². The molecule has 0 aliphatic rings. The highest BCUT2D eigenvalue weighted by atomic mass is 16.5. The quantitative estimate of drug-likeness (QED) is 0.656. The Labute approximate surface area is 137 Å². The molecule has 23 heavy (non-hydrogen) atoms. The van der Waals surface area contributed by atoms with Crippen molar-refractivity contribution >= 4 is 11.7 Å². The Kier molecular flexibility index (Phi) is 7.82. The second-order valence-electron chi connectivity index (χ2n) is 5.47. The summed E-state index contributed by atoms with van der Waals surface area (Å²) in [6, 6.07) is 9.01. The molecule has 0 N–H and O–H groups in total.